The van der Waals surface area contributed by atoms with Crippen LogP contribution < -0.4 is 4.90 Å². The summed E-state index contributed by atoms with van der Waals surface area (Å²) >= 11 is 1.56. The van der Waals surface area contributed by atoms with Gasteiger partial charge in [-0.3, -0.25) is 4.79 Å². The number of hydrogen-bond acceptors (Lipinski definition) is 5. The predicted octanol–water partition coefficient (Wildman–Crippen LogP) is 1.29. The van der Waals surface area contributed by atoms with Crippen molar-refractivity contribution < 1.29 is 4.79 Å². The van der Waals surface area contributed by atoms with E-state index in [1.807, 2.05) is 6.92 Å². The maximum Gasteiger partial charge on any atom is 0.244 e. The van der Waals surface area contributed by atoms with Crippen molar-refractivity contribution in [1.82, 2.24) is 15.1 Å². The third kappa shape index (κ3) is 2.57. The monoisotopic (exact) mass is 254 g/mol. The number of likely N-dealkylation sites (N-methyl/N-ethyl adjacent to an activating group) is 1. The standard InChI is InChI=1S/C11H18N4OS/c1-8-12-13-11(17-8)15-7-5-4-6-9(15)10(16)14(2)3/h9H,4-7H2,1-3H3. The van der Waals surface area contributed by atoms with Gasteiger partial charge in [0, 0.05) is 20.6 Å². The number of amides is 1. The van der Waals surface area contributed by atoms with Gasteiger partial charge >= 0.3 is 0 Å². The lowest BCUT2D eigenvalue weighted by Gasteiger charge is -2.35. The van der Waals surface area contributed by atoms with E-state index in [0.29, 0.717) is 0 Å². The first-order valence-corrected chi connectivity index (χ1v) is 6.69. The molecule has 0 bridgehead atoms. The topological polar surface area (TPSA) is 49.3 Å². The smallest absolute Gasteiger partial charge is 0.244 e. The van der Waals surface area contributed by atoms with Crippen molar-refractivity contribution in [3.05, 3.63) is 5.01 Å². The Labute approximate surface area is 105 Å². The van der Waals surface area contributed by atoms with E-state index in [1.54, 1.807) is 30.3 Å². The van der Waals surface area contributed by atoms with Gasteiger partial charge in [0.25, 0.3) is 0 Å². The van der Waals surface area contributed by atoms with Crippen molar-refractivity contribution in [2.75, 3.05) is 25.5 Å². The lowest BCUT2D eigenvalue weighted by Crippen LogP contribution is -2.49. The van der Waals surface area contributed by atoms with Crippen LogP contribution in [0.1, 0.15) is 24.3 Å². The van der Waals surface area contributed by atoms with Crippen LogP contribution in [0, 0.1) is 6.92 Å². The molecule has 2 heterocycles. The van der Waals surface area contributed by atoms with E-state index in [1.165, 1.54) is 0 Å². The molecule has 1 atom stereocenters. The van der Waals surface area contributed by atoms with Crippen LogP contribution in [0.2, 0.25) is 0 Å². The molecule has 0 aromatic carbocycles. The molecule has 6 heteroatoms. The van der Waals surface area contributed by atoms with E-state index >= 15 is 0 Å². The Hall–Kier alpha value is -1.17. The van der Waals surface area contributed by atoms with Crippen LogP contribution >= 0.6 is 11.3 Å². The van der Waals surface area contributed by atoms with Gasteiger partial charge in [-0.15, -0.1) is 10.2 Å². The summed E-state index contributed by atoms with van der Waals surface area (Å²) in [5.74, 6) is 0.164. The fraction of sp³-hybridized carbons (Fsp3) is 0.727. The molecule has 17 heavy (non-hydrogen) atoms. The molecule has 1 fully saturated rings. The number of hydrogen-bond donors (Lipinski definition) is 0. The Balaban J connectivity index is 2.20. The fourth-order valence-corrected chi connectivity index (χ4v) is 2.88. The highest BCUT2D eigenvalue weighted by Gasteiger charge is 2.31. The van der Waals surface area contributed by atoms with Gasteiger partial charge in [-0.1, -0.05) is 11.3 Å². The molecule has 0 aliphatic carbocycles. The van der Waals surface area contributed by atoms with Crippen LogP contribution in [-0.2, 0) is 4.79 Å². The summed E-state index contributed by atoms with van der Waals surface area (Å²) < 4.78 is 0. The van der Waals surface area contributed by atoms with Crippen molar-refractivity contribution in [2.45, 2.75) is 32.2 Å². The molecule has 1 unspecified atom stereocenters. The first kappa shape index (κ1) is 12.3. The van der Waals surface area contributed by atoms with E-state index in [2.05, 4.69) is 15.1 Å². The average Bonchev–Trinajstić information content (AvgIpc) is 2.74. The molecule has 1 aromatic rings. The molecule has 1 aliphatic rings. The minimum atomic E-state index is -0.0638. The molecule has 1 aromatic heterocycles. The van der Waals surface area contributed by atoms with Gasteiger partial charge in [-0.2, -0.15) is 0 Å². The van der Waals surface area contributed by atoms with Gasteiger partial charge in [0.05, 0.1) is 0 Å². The number of aryl methyl sites for hydroxylation is 1. The summed E-state index contributed by atoms with van der Waals surface area (Å²) in [5, 5.41) is 10.0. The summed E-state index contributed by atoms with van der Waals surface area (Å²) in [6, 6.07) is -0.0638. The van der Waals surface area contributed by atoms with Crippen LogP contribution in [0.25, 0.3) is 0 Å². The molecule has 94 valence electrons. The maximum atomic E-state index is 12.1. The predicted molar refractivity (Wildman–Crippen MR) is 68.3 cm³/mol. The molecule has 0 saturated carbocycles. The highest BCUT2D eigenvalue weighted by molar-refractivity contribution is 7.15. The van der Waals surface area contributed by atoms with Crippen molar-refractivity contribution in [1.29, 1.82) is 0 Å². The summed E-state index contributed by atoms with van der Waals surface area (Å²) in [5.41, 5.74) is 0. The second kappa shape index (κ2) is 5.00. The van der Waals surface area contributed by atoms with Crippen LogP contribution in [-0.4, -0.2) is 47.7 Å². The van der Waals surface area contributed by atoms with Crippen molar-refractivity contribution in [2.24, 2.45) is 0 Å². The number of carbonyl (C=O) groups is 1. The van der Waals surface area contributed by atoms with Crippen molar-refractivity contribution >= 4 is 22.4 Å². The molecular formula is C11H18N4OS. The Bertz CT molecular complexity index is 404. The first-order valence-electron chi connectivity index (χ1n) is 5.87. The van der Waals surface area contributed by atoms with E-state index in [9.17, 15) is 4.79 Å². The van der Waals surface area contributed by atoms with E-state index in [-0.39, 0.29) is 11.9 Å². The van der Waals surface area contributed by atoms with E-state index in [4.69, 9.17) is 0 Å². The van der Waals surface area contributed by atoms with Crippen LogP contribution in [0.15, 0.2) is 0 Å². The van der Waals surface area contributed by atoms with Crippen LogP contribution in [0.3, 0.4) is 0 Å². The summed E-state index contributed by atoms with van der Waals surface area (Å²) in [6.45, 7) is 2.84. The number of carbonyl (C=O) groups excluding carboxylic acids is 1. The number of rotatable bonds is 2. The minimum Gasteiger partial charge on any atom is -0.347 e. The highest BCUT2D eigenvalue weighted by atomic mass is 32.1. The SMILES string of the molecule is Cc1nnc(N2CCCCC2C(=O)N(C)C)s1. The van der Waals surface area contributed by atoms with Crippen molar-refractivity contribution in [3.63, 3.8) is 0 Å². The molecule has 0 N–H and O–H groups in total. The molecule has 1 aliphatic heterocycles. The second-order valence-corrected chi connectivity index (χ2v) is 5.70. The molecule has 1 saturated heterocycles. The molecule has 2 rings (SSSR count). The molecule has 0 radical (unpaired) electrons. The third-order valence-corrected chi connectivity index (χ3v) is 3.87. The maximum absolute atomic E-state index is 12.1. The Kier molecular flexibility index (Phi) is 3.61. The zero-order chi connectivity index (χ0) is 12.4. The Morgan fingerprint density at radius 3 is 2.76 bits per heavy atom. The lowest BCUT2D eigenvalue weighted by molar-refractivity contribution is -0.130. The molecular weight excluding hydrogens is 236 g/mol. The first-order chi connectivity index (χ1) is 8.09. The molecule has 0 spiro atoms. The number of anilines is 1. The summed E-state index contributed by atoms with van der Waals surface area (Å²) in [7, 11) is 3.61. The zero-order valence-corrected chi connectivity index (χ0v) is 11.3. The van der Waals surface area contributed by atoms with Crippen LogP contribution in [0.4, 0.5) is 5.13 Å². The Morgan fingerprint density at radius 1 is 1.41 bits per heavy atom. The summed E-state index contributed by atoms with van der Waals surface area (Å²) in [4.78, 5) is 15.9. The average molecular weight is 254 g/mol. The third-order valence-electron chi connectivity index (χ3n) is 2.99. The van der Waals surface area contributed by atoms with E-state index in [0.717, 1.165) is 35.9 Å². The second-order valence-electron chi connectivity index (χ2n) is 4.54. The van der Waals surface area contributed by atoms with Gasteiger partial charge in [0.15, 0.2) is 0 Å². The zero-order valence-electron chi connectivity index (χ0n) is 10.5. The number of piperidine rings is 1. The Morgan fingerprint density at radius 2 is 2.18 bits per heavy atom. The molecule has 1 amide bonds. The number of nitrogens with zero attached hydrogens (tertiary/aromatic N) is 4. The highest BCUT2D eigenvalue weighted by Crippen LogP contribution is 2.27. The summed E-state index contributed by atoms with van der Waals surface area (Å²) in [6.07, 6.45) is 3.14. The molecule has 5 nitrogen and oxygen atoms in total. The van der Waals surface area contributed by atoms with E-state index < -0.39 is 0 Å². The fourth-order valence-electron chi connectivity index (χ4n) is 2.12. The van der Waals surface area contributed by atoms with Gasteiger partial charge in [-0.05, 0) is 26.2 Å². The number of aromatic nitrogens is 2. The van der Waals surface area contributed by atoms with Crippen LogP contribution in [0.5, 0.6) is 0 Å². The largest absolute Gasteiger partial charge is 0.347 e. The van der Waals surface area contributed by atoms with Gasteiger partial charge < -0.3 is 9.80 Å². The normalized spacial score (nSPS) is 20.4. The van der Waals surface area contributed by atoms with Gasteiger partial charge in [0.2, 0.25) is 11.0 Å². The van der Waals surface area contributed by atoms with Gasteiger partial charge in [-0.25, -0.2) is 0 Å². The minimum absolute atomic E-state index is 0.0638. The lowest BCUT2D eigenvalue weighted by atomic mass is 10.0. The quantitative estimate of drug-likeness (QED) is 0.798. The van der Waals surface area contributed by atoms with Gasteiger partial charge in [0.1, 0.15) is 11.0 Å². The van der Waals surface area contributed by atoms with Crippen molar-refractivity contribution in [3.8, 4) is 0 Å².